The van der Waals surface area contributed by atoms with Gasteiger partial charge in [0.2, 0.25) is 0 Å². The molecule has 0 unspecified atom stereocenters. The summed E-state index contributed by atoms with van der Waals surface area (Å²) in [6.45, 7) is -0.106. The Kier molecular flexibility index (Phi) is 3.56. The van der Waals surface area contributed by atoms with Crippen LogP contribution in [0.5, 0.6) is 0 Å². The van der Waals surface area contributed by atoms with E-state index in [1.165, 1.54) is 6.07 Å². The molecule has 0 radical (unpaired) electrons. The molecule has 0 aliphatic rings. The van der Waals surface area contributed by atoms with E-state index in [0.717, 1.165) is 27.0 Å². The van der Waals surface area contributed by atoms with Gasteiger partial charge in [-0.05, 0) is 6.07 Å². The third kappa shape index (κ3) is 2.56. The largest absolute Gasteiger partial charge is 0.268 e. The molecule has 1 aromatic carbocycles. The van der Waals surface area contributed by atoms with E-state index < -0.39 is 0 Å². The smallest absolute Gasteiger partial charge is 0.267 e. The van der Waals surface area contributed by atoms with Crippen molar-refractivity contribution in [2.75, 3.05) is 0 Å². The van der Waals surface area contributed by atoms with Gasteiger partial charge in [0, 0.05) is 24.0 Å². The molecule has 0 amide bonds. The van der Waals surface area contributed by atoms with E-state index in [-0.39, 0.29) is 12.1 Å². The van der Waals surface area contributed by atoms with Gasteiger partial charge in [-0.3, -0.25) is 9.78 Å². The minimum Gasteiger partial charge on any atom is -0.268 e. The minimum absolute atomic E-state index is 0.106. The first-order chi connectivity index (χ1) is 12.3. The van der Waals surface area contributed by atoms with Crippen LogP contribution in [0.2, 0.25) is 0 Å². The lowest BCUT2D eigenvalue weighted by molar-refractivity contribution is 0.662. The molecular formula is C18H12N6O. The molecule has 0 saturated heterocycles. The summed E-state index contributed by atoms with van der Waals surface area (Å²) in [6, 6.07) is 14.7. The van der Waals surface area contributed by atoms with Crippen molar-refractivity contribution < 1.29 is 0 Å². The molecule has 4 aromatic rings. The third-order valence-electron chi connectivity index (χ3n) is 3.83. The van der Waals surface area contributed by atoms with Crippen LogP contribution in [-0.4, -0.2) is 24.4 Å². The second-order valence-corrected chi connectivity index (χ2v) is 5.37. The highest BCUT2D eigenvalue weighted by Crippen LogP contribution is 2.33. The number of nitriles is 1. The molecule has 25 heavy (non-hydrogen) atoms. The van der Waals surface area contributed by atoms with Crippen molar-refractivity contribution in [3.8, 4) is 28.6 Å². The second kappa shape index (κ2) is 6.02. The van der Waals surface area contributed by atoms with E-state index in [1.54, 1.807) is 29.2 Å². The van der Waals surface area contributed by atoms with Gasteiger partial charge in [-0.25, -0.2) is 9.20 Å². The minimum atomic E-state index is -0.318. The summed E-state index contributed by atoms with van der Waals surface area (Å²) >= 11 is 0. The lowest BCUT2D eigenvalue weighted by Crippen LogP contribution is -2.21. The van der Waals surface area contributed by atoms with Crippen molar-refractivity contribution in [3.05, 3.63) is 71.4 Å². The van der Waals surface area contributed by atoms with Crippen LogP contribution in [0.4, 0.5) is 0 Å². The van der Waals surface area contributed by atoms with Gasteiger partial charge < -0.3 is 0 Å². The molecule has 0 spiro atoms. The molecule has 3 aromatic heterocycles. The maximum absolute atomic E-state index is 11.9. The molecule has 3 heterocycles. The topological polar surface area (TPSA) is 88.9 Å². The molecule has 7 nitrogen and oxygen atoms in total. The Labute approximate surface area is 142 Å². The highest BCUT2D eigenvalue weighted by molar-refractivity contribution is 5.90. The maximum Gasteiger partial charge on any atom is 0.267 e. The zero-order chi connectivity index (χ0) is 17.2. The molecule has 0 aliphatic carbocycles. The molecule has 0 aliphatic heterocycles. The Balaban J connectivity index is 2.03. The van der Waals surface area contributed by atoms with Crippen LogP contribution in [0.25, 0.3) is 28.0 Å². The number of nitrogens with zero attached hydrogens (tertiary/aromatic N) is 6. The van der Waals surface area contributed by atoms with Gasteiger partial charge in [-0.1, -0.05) is 30.3 Å². The summed E-state index contributed by atoms with van der Waals surface area (Å²) in [5, 5.41) is 17.9. The Morgan fingerprint density at radius 3 is 2.72 bits per heavy atom. The van der Waals surface area contributed by atoms with Gasteiger partial charge in [0.15, 0.2) is 0 Å². The SMILES string of the molecule is N#CCn1nc(-c2c(-c3ccccc3)nn3ccncc23)ccc1=O. The standard InChI is InChI=1S/C18H12N6O/c19-8-10-24-16(25)7-6-14(21-24)17-15-12-20-9-11-23(15)22-18(17)13-4-2-1-3-5-13/h1-7,9,11-12H,10H2. The quantitative estimate of drug-likeness (QED) is 0.575. The summed E-state index contributed by atoms with van der Waals surface area (Å²) < 4.78 is 2.87. The second-order valence-electron chi connectivity index (χ2n) is 5.37. The van der Waals surface area contributed by atoms with Gasteiger partial charge >= 0.3 is 0 Å². The van der Waals surface area contributed by atoms with E-state index in [2.05, 4.69) is 15.2 Å². The number of hydrogen-bond acceptors (Lipinski definition) is 5. The van der Waals surface area contributed by atoms with Gasteiger partial charge in [0.25, 0.3) is 5.56 Å². The first-order valence-corrected chi connectivity index (χ1v) is 7.61. The van der Waals surface area contributed by atoms with Crippen LogP contribution >= 0.6 is 0 Å². The molecular weight excluding hydrogens is 316 g/mol. The average molecular weight is 328 g/mol. The summed E-state index contributed by atoms with van der Waals surface area (Å²) in [7, 11) is 0. The van der Waals surface area contributed by atoms with Crippen molar-refractivity contribution >= 4 is 5.52 Å². The molecule has 0 N–H and O–H groups in total. The first kappa shape index (κ1) is 14.8. The number of benzene rings is 1. The van der Waals surface area contributed by atoms with Crippen molar-refractivity contribution in [1.29, 1.82) is 5.26 Å². The predicted molar refractivity (Wildman–Crippen MR) is 91.5 cm³/mol. The van der Waals surface area contributed by atoms with E-state index in [4.69, 9.17) is 5.26 Å². The van der Waals surface area contributed by atoms with E-state index in [0.29, 0.717) is 5.69 Å². The molecule has 4 rings (SSSR count). The number of aromatic nitrogens is 5. The Morgan fingerprint density at radius 2 is 1.92 bits per heavy atom. The first-order valence-electron chi connectivity index (χ1n) is 7.61. The molecule has 7 heteroatoms. The van der Waals surface area contributed by atoms with E-state index in [1.807, 2.05) is 36.4 Å². The fourth-order valence-corrected chi connectivity index (χ4v) is 2.71. The third-order valence-corrected chi connectivity index (χ3v) is 3.83. The lowest BCUT2D eigenvalue weighted by Gasteiger charge is -2.05. The lowest BCUT2D eigenvalue weighted by atomic mass is 10.0. The van der Waals surface area contributed by atoms with Crippen LogP contribution in [0.1, 0.15) is 0 Å². The maximum atomic E-state index is 11.9. The zero-order valence-electron chi connectivity index (χ0n) is 13.1. The molecule has 0 saturated carbocycles. The Hall–Kier alpha value is -3.79. The molecule has 0 bridgehead atoms. The van der Waals surface area contributed by atoms with Crippen molar-refractivity contribution in [3.63, 3.8) is 0 Å². The highest BCUT2D eigenvalue weighted by atomic mass is 16.1. The summed E-state index contributed by atoms with van der Waals surface area (Å²) in [5.41, 5.74) is 3.46. The highest BCUT2D eigenvalue weighted by Gasteiger charge is 2.18. The van der Waals surface area contributed by atoms with Gasteiger partial charge in [-0.15, -0.1) is 0 Å². The fraction of sp³-hybridized carbons (Fsp3) is 0.0556. The van der Waals surface area contributed by atoms with Crippen LogP contribution in [0.15, 0.2) is 65.8 Å². The fourth-order valence-electron chi connectivity index (χ4n) is 2.71. The van der Waals surface area contributed by atoms with Gasteiger partial charge in [0.1, 0.15) is 12.2 Å². The predicted octanol–water partition coefficient (Wildman–Crippen LogP) is 2.14. The summed E-state index contributed by atoms with van der Waals surface area (Å²) in [5.74, 6) is 0. The van der Waals surface area contributed by atoms with E-state index in [9.17, 15) is 4.79 Å². The monoisotopic (exact) mass is 328 g/mol. The number of hydrogen-bond donors (Lipinski definition) is 0. The van der Waals surface area contributed by atoms with Crippen LogP contribution < -0.4 is 5.56 Å². The molecule has 120 valence electrons. The van der Waals surface area contributed by atoms with Gasteiger partial charge in [0.05, 0.1) is 29.0 Å². The van der Waals surface area contributed by atoms with Crippen LogP contribution in [-0.2, 0) is 6.54 Å². The summed E-state index contributed by atoms with van der Waals surface area (Å²) in [6.07, 6.45) is 5.12. The average Bonchev–Trinajstić information content (AvgIpc) is 3.04. The normalized spacial score (nSPS) is 10.7. The number of rotatable bonds is 3. The molecule has 0 atom stereocenters. The Bertz CT molecular complexity index is 1150. The zero-order valence-corrected chi connectivity index (χ0v) is 13.1. The molecule has 0 fully saturated rings. The van der Waals surface area contributed by atoms with Crippen LogP contribution in [0.3, 0.4) is 0 Å². The van der Waals surface area contributed by atoms with Crippen molar-refractivity contribution in [1.82, 2.24) is 24.4 Å². The number of fused-ring (bicyclic) bond motifs is 1. The van der Waals surface area contributed by atoms with Crippen molar-refractivity contribution in [2.24, 2.45) is 0 Å². The summed E-state index contributed by atoms with van der Waals surface area (Å²) in [4.78, 5) is 16.0. The van der Waals surface area contributed by atoms with E-state index >= 15 is 0 Å². The Morgan fingerprint density at radius 1 is 1.08 bits per heavy atom. The van der Waals surface area contributed by atoms with Gasteiger partial charge in [-0.2, -0.15) is 15.5 Å². The van der Waals surface area contributed by atoms with Crippen molar-refractivity contribution in [2.45, 2.75) is 6.54 Å². The van der Waals surface area contributed by atoms with Crippen LogP contribution in [0, 0.1) is 11.3 Å².